The molecule has 0 fully saturated rings. The van der Waals surface area contributed by atoms with Crippen molar-refractivity contribution in [1.29, 1.82) is 0 Å². The van der Waals surface area contributed by atoms with Crippen molar-refractivity contribution in [1.82, 2.24) is 35.6 Å². The van der Waals surface area contributed by atoms with Gasteiger partial charge in [0.15, 0.2) is 0 Å². The van der Waals surface area contributed by atoms with Gasteiger partial charge in [-0.2, -0.15) is 5.21 Å². The topological polar surface area (TPSA) is 93.1 Å². The van der Waals surface area contributed by atoms with Gasteiger partial charge in [-0.1, -0.05) is 6.07 Å². The second-order valence-electron chi connectivity index (χ2n) is 6.02. The minimum atomic E-state index is 0.518. The van der Waals surface area contributed by atoms with E-state index in [0.717, 1.165) is 38.7 Å². The van der Waals surface area contributed by atoms with Gasteiger partial charge in [0.1, 0.15) is 0 Å². The molecule has 0 radical (unpaired) electrons. The second-order valence-corrected chi connectivity index (χ2v) is 6.02. The van der Waals surface area contributed by atoms with Crippen LogP contribution < -0.4 is 0 Å². The average Bonchev–Trinajstić information content (AvgIpc) is 3.29. The van der Waals surface area contributed by atoms with Gasteiger partial charge in [-0.25, -0.2) is 0 Å². The zero-order valence-corrected chi connectivity index (χ0v) is 14.1. The minimum absolute atomic E-state index is 0.518. The third kappa shape index (κ3) is 2.81. The zero-order chi connectivity index (χ0) is 18.1. The second kappa shape index (κ2) is 6.38. The molecule has 128 valence electrons. The van der Waals surface area contributed by atoms with Gasteiger partial charge in [-0.05, 0) is 58.3 Å². The molecule has 7 nitrogen and oxygen atoms in total. The number of benzene rings is 1. The van der Waals surface area contributed by atoms with Crippen molar-refractivity contribution in [2.75, 3.05) is 0 Å². The number of hydrogen-bond donors (Lipinski definition) is 1. The number of rotatable bonds is 3. The van der Waals surface area contributed by atoms with E-state index in [4.69, 9.17) is 0 Å². The van der Waals surface area contributed by atoms with Gasteiger partial charge in [0.25, 0.3) is 0 Å². The summed E-state index contributed by atoms with van der Waals surface area (Å²) < 4.78 is 0. The number of nitrogens with zero attached hydrogens (tertiary/aromatic N) is 6. The summed E-state index contributed by atoms with van der Waals surface area (Å²) in [5, 5.41) is 15.2. The molecule has 7 heteroatoms. The molecule has 0 atom stereocenters. The number of fused-ring (bicyclic) bond motifs is 1. The SMILES string of the molecule is c1cc(-c2ccnc3ccc(-c4cncc(-c5nn[nH]n5)c4)cc23)ccn1. The quantitative estimate of drug-likeness (QED) is 0.534. The minimum Gasteiger partial charge on any atom is -0.265 e. The van der Waals surface area contributed by atoms with Crippen LogP contribution in [0.25, 0.3) is 44.5 Å². The van der Waals surface area contributed by atoms with Crippen LogP contribution in [0, 0.1) is 0 Å². The molecule has 1 N–H and O–H groups in total. The molecular formula is C20H13N7. The summed E-state index contributed by atoms with van der Waals surface area (Å²) in [5.74, 6) is 0.518. The Morgan fingerprint density at radius 3 is 2.44 bits per heavy atom. The van der Waals surface area contributed by atoms with E-state index < -0.39 is 0 Å². The van der Waals surface area contributed by atoms with Gasteiger partial charge in [0, 0.05) is 47.5 Å². The Labute approximate surface area is 154 Å². The normalized spacial score (nSPS) is 11.0. The lowest BCUT2D eigenvalue weighted by molar-refractivity contribution is 0.881. The van der Waals surface area contributed by atoms with Crippen LogP contribution in [0.3, 0.4) is 0 Å². The van der Waals surface area contributed by atoms with Crippen molar-refractivity contribution in [2.24, 2.45) is 0 Å². The maximum Gasteiger partial charge on any atom is 0.206 e. The van der Waals surface area contributed by atoms with E-state index in [9.17, 15) is 0 Å². The van der Waals surface area contributed by atoms with Crippen LogP contribution in [0.15, 0.2) is 73.4 Å². The molecule has 0 aliphatic carbocycles. The Bertz CT molecular complexity index is 1220. The van der Waals surface area contributed by atoms with E-state index in [1.54, 1.807) is 18.6 Å². The molecule has 0 aliphatic heterocycles. The first-order valence-electron chi connectivity index (χ1n) is 8.37. The number of aromatic nitrogens is 7. The van der Waals surface area contributed by atoms with Crippen LogP contribution in [-0.2, 0) is 0 Å². The molecule has 0 bridgehead atoms. The average molecular weight is 351 g/mol. The first-order valence-corrected chi connectivity index (χ1v) is 8.37. The monoisotopic (exact) mass is 351 g/mol. The molecule has 0 spiro atoms. The Kier molecular flexibility index (Phi) is 3.61. The molecule has 5 aromatic rings. The largest absolute Gasteiger partial charge is 0.265 e. The molecule has 0 unspecified atom stereocenters. The van der Waals surface area contributed by atoms with Gasteiger partial charge in [-0.15, -0.1) is 10.2 Å². The third-order valence-corrected chi connectivity index (χ3v) is 4.41. The van der Waals surface area contributed by atoms with E-state index in [1.807, 2.05) is 48.8 Å². The predicted molar refractivity (Wildman–Crippen MR) is 101 cm³/mol. The van der Waals surface area contributed by atoms with Gasteiger partial charge < -0.3 is 0 Å². The maximum atomic E-state index is 4.50. The summed E-state index contributed by atoms with van der Waals surface area (Å²) in [6, 6.07) is 14.2. The molecule has 0 amide bonds. The Morgan fingerprint density at radius 1 is 0.704 bits per heavy atom. The third-order valence-electron chi connectivity index (χ3n) is 4.41. The highest BCUT2D eigenvalue weighted by atomic mass is 15.5. The number of tetrazole rings is 1. The van der Waals surface area contributed by atoms with Crippen molar-refractivity contribution in [3.8, 4) is 33.6 Å². The van der Waals surface area contributed by atoms with E-state index in [2.05, 4.69) is 41.6 Å². The fraction of sp³-hybridized carbons (Fsp3) is 0. The van der Waals surface area contributed by atoms with Crippen molar-refractivity contribution in [2.45, 2.75) is 0 Å². The molecule has 4 aromatic heterocycles. The van der Waals surface area contributed by atoms with Crippen LogP contribution in [-0.4, -0.2) is 35.6 Å². The standard InChI is InChI=1S/C20H13N7/c1-2-19-18(17(5-8-23-19)13-3-6-21-7-4-13)10-14(1)15-9-16(12-22-11-15)20-24-26-27-25-20/h1-12H,(H,24,25,26,27). The molecule has 5 rings (SSSR count). The van der Waals surface area contributed by atoms with Crippen LogP contribution in [0.4, 0.5) is 0 Å². The lowest BCUT2D eigenvalue weighted by atomic mass is 9.98. The highest BCUT2D eigenvalue weighted by Crippen LogP contribution is 2.31. The first kappa shape index (κ1) is 15.3. The fourth-order valence-electron chi connectivity index (χ4n) is 3.11. The Morgan fingerprint density at radius 2 is 1.59 bits per heavy atom. The van der Waals surface area contributed by atoms with Crippen LogP contribution in [0.5, 0.6) is 0 Å². The van der Waals surface area contributed by atoms with Gasteiger partial charge in [0.05, 0.1) is 5.52 Å². The predicted octanol–water partition coefficient (Wildman–Crippen LogP) is 3.54. The first-order chi connectivity index (χ1) is 13.4. The number of H-pyrrole nitrogens is 1. The van der Waals surface area contributed by atoms with E-state index in [-0.39, 0.29) is 0 Å². The van der Waals surface area contributed by atoms with Gasteiger partial charge >= 0.3 is 0 Å². The highest BCUT2D eigenvalue weighted by molar-refractivity contribution is 5.96. The Balaban J connectivity index is 1.66. The lowest BCUT2D eigenvalue weighted by Gasteiger charge is -2.09. The summed E-state index contributed by atoms with van der Waals surface area (Å²) in [6.45, 7) is 0. The highest BCUT2D eigenvalue weighted by Gasteiger charge is 2.09. The molecule has 1 aromatic carbocycles. The molecule has 27 heavy (non-hydrogen) atoms. The van der Waals surface area contributed by atoms with Crippen molar-refractivity contribution >= 4 is 10.9 Å². The van der Waals surface area contributed by atoms with Gasteiger partial charge in [0.2, 0.25) is 5.82 Å². The summed E-state index contributed by atoms with van der Waals surface area (Å²) in [5.41, 5.74) is 5.99. The van der Waals surface area contributed by atoms with E-state index in [1.165, 1.54) is 0 Å². The number of aromatic amines is 1. The van der Waals surface area contributed by atoms with Crippen molar-refractivity contribution in [3.63, 3.8) is 0 Å². The van der Waals surface area contributed by atoms with Crippen molar-refractivity contribution < 1.29 is 0 Å². The fourth-order valence-corrected chi connectivity index (χ4v) is 3.11. The van der Waals surface area contributed by atoms with E-state index >= 15 is 0 Å². The molecule has 0 aliphatic rings. The lowest BCUT2D eigenvalue weighted by Crippen LogP contribution is -1.88. The number of hydrogen-bond acceptors (Lipinski definition) is 6. The van der Waals surface area contributed by atoms with Gasteiger partial charge in [-0.3, -0.25) is 15.0 Å². The maximum absolute atomic E-state index is 4.50. The van der Waals surface area contributed by atoms with Crippen LogP contribution >= 0.6 is 0 Å². The summed E-state index contributed by atoms with van der Waals surface area (Å²) >= 11 is 0. The Hall–Kier alpha value is -4.00. The molecule has 4 heterocycles. The summed E-state index contributed by atoms with van der Waals surface area (Å²) in [6.07, 6.45) is 8.97. The smallest absolute Gasteiger partial charge is 0.206 e. The number of nitrogens with one attached hydrogen (secondary N) is 1. The molecular weight excluding hydrogens is 338 g/mol. The molecule has 0 saturated heterocycles. The summed E-state index contributed by atoms with van der Waals surface area (Å²) in [7, 11) is 0. The zero-order valence-electron chi connectivity index (χ0n) is 14.1. The van der Waals surface area contributed by atoms with Crippen molar-refractivity contribution in [3.05, 3.63) is 73.4 Å². The van der Waals surface area contributed by atoms with Crippen LogP contribution in [0.2, 0.25) is 0 Å². The summed E-state index contributed by atoms with van der Waals surface area (Å²) in [4.78, 5) is 12.9. The molecule has 0 saturated carbocycles. The number of pyridine rings is 3. The van der Waals surface area contributed by atoms with E-state index in [0.29, 0.717) is 5.82 Å². The van der Waals surface area contributed by atoms with Crippen LogP contribution in [0.1, 0.15) is 0 Å².